The second kappa shape index (κ2) is 40.1. The molecule has 4 saturated heterocycles. The number of ether oxygens (including phenoxy) is 10. The van der Waals surface area contributed by atoms with E-state index in [1.165, 1.54) is 37.4 Å². The van der Waals surface area contributed by atoms with Gasteiger partial charge in [-0.1, -0.05) is 117 Å². The predicted molar refractivity (Wildman–Crippen MR) is 297 cm³/mol. The van der Waals surface area contributed by atoms with Gasteiger partial charge in [-0.2, -0.15) is 11.8 Å². The van der Waals surface area contributed by atoms with E-state index in [-0.39, 0.29) is 37.9 Å². The molecule has 83 heavy (non-hydrogen) atoms. The lowest BCUT2D eigenvalue weighted by atomic mass is 9.92. The van der Waals surface area contributed by atoms with Crippen molar-refractivity contribution in [1.29, 1.82) is 0 Å². The minimum absolute atomic E-state index is 0.0558. The fraction of sp³-hybridized carbons (Fsp3) is 1.00. The first kappa shape index (κ1) is 74.8. The van der Waals surface area contributed by atoms with Crippen LogP contribution in [0, 0.1) is 10.8 Å². The predicted octanol–water partition coefficient (Wildman–Crippen LogP) is -1.95. The van der Waals surface area contributed by atoms with E-state index in [0.717, 1.165) is 77.0 Å². The molecule has 27 heteroatoms. The topological polar surface area (TPSA) is 416 Å². The number of hydrogen-bond donors (Lipinski definition) is 16. The van der Waals surface area contributed by atoms with Gasteiger partial charge in [0, 0.05) is 35.5 Å². The number of thioether (sulfide) groups is 1. The molecule has 16 N–H and O–H groups in total. The number of rotatable bonds is 44. The van der Waals surface area contributed by atoms with Crippen LogP contribution in [0.4, 0.5) is 0 Å². The zero-order valence-corrected chi connectivity index (χ0v) is 49.6. The molecule has 0 aromatic rings. The van der Waals surface area contributed by atoms with Gasteiger partial charge in [-0.05, 0) is 12.8 Å². The van der Waals surface area contributed by atoms with Gasteiger partial charge in [0.1, 0.15) is 97.7 Å². The SMILES string of the molecule is CCCCCCCCCCCOCC(CO[C@@H]1OC(CO)[C@@H](O)[C@H](O)C1O)(CO[C@@H]1OC(CO)[C@@H](O)[C@H](O)C1O)CSCC(COCCCCCCCCCCC)(CO[C@@H]1OC(CO)[C@@H](O)[C@H](O)C1O)CO[C@@H]1OC(CO)[C@@H](O)[C@H](O)C1O. The van der Waals surface area contributed by atoms with Crippen molar-refractivity contribution in [3.8, 4) is 0 Å². The zero-order valence-electron chi connectivity index (χ0n) is 48.8. The third-order valence-corrected chi connectivity index (χ3v) is 17.7. The Morgan fingerprint density at radius 2 is 0.530 bits per heavy atom. The first-order valence-electron chi connectivity index (χ1n) is 30.3. The summed E-state index contributed by atoms with van der Waals surface area (Å²) in [7, 11) is 0. The Balaban J connectivity index is 1.73. The molecular weight excluding hydrogens is 1120 g/mol. The highest BCUT2D eigenvalue weighted by molar-refractivity contribution is 7.99. The van der Waals surface area contributed by atoms with Gasteiger partial charge in [0.15, 0.2) is 25.2 Å². The molecule has 0 spiro atoms. The molecule has 0 aliphatic carbocycles. The summed E-state index contributed by atoms with van der Waals surface area (Å²) in [5.74, 6) is -0.112. The van der Waals surface area contributed by atoms with Crippen molar-refractivity contribution in [2.75, 3.05) is 90.8 Å². The van der Waals surface area contributed by atoms with Crippen LogP contribution < -0.4 is 0 Å². The summed E-state index contributed by atoms with van der Waals surface area (Å²) < 4.78 is 60.7. The third-order valence-electron chi connectivity index (χ3n) is 16.0. The third kappa shape index (κ3) is 23.6. The van der Waals surface area contributed by atoms with Gasteiger partial charge in [-0.25, -0.2) is 0 Å². The van der Waals surface area contributed by atoms with E-state index in [2.05, 4.69) is 13.8 Å². The maximum Gasteiger partial charge on any atom is 0.186 e. The average molecular weight is 1230 g/mol. The molecule has 4 aliphatic rings. The van der Waals surface area contributed by atoms with Crippen molar-refractivity contribution < 1.29 is 129 Å². The van der Waals surface area contributed by atoms with Gasteiger partial charge in [0.05, 0.1) is 66.1 Å². The lowest BCUT2D eigenvalue weighted by Gasteiger charge is -2.44. The van der Waals surface area contributed by atoms with Gasteiger partial charge in [0.25, 0.3) is 0 Å². The Kier molecular flexibility index (Phi) is 36.2. The molecule has 4 rings (SSSR count). The van der Waals surface area contributed by atoms with Crippen LogP contribution in [0.3, 0.4) is 0 Å². The molecule has 26 nitrogen and oxygen atoms in total. The maximum atomic E-state index is 11.1. The minimum atomic E-state index is -1.83. The molecule has 0 radical (unpaired) electrons. The molecule has 4 aliphatic heterocycles. The standard InChI is InChI=1S/C56H106O26S/c1-3-5-7-9-11-13-15-17-19-21-73-27-55(29-75-51-47(69)43(65)39(61)35(23-57)79-51,30-76-52-48(70)44(66)40(62)36(24-58)80-52)33-83-34-56(28-74-22-20-18-16-14-12-10-8-6-4-2,31-77-53-49(71)45(67)41(63)37(25-59)81-53)32-78-54-50(72)46(68)42(64)38(26-60)82-54/h35-54,57-72H,3-34H2,1-2H3/t35?,36?,37?,38?,39-,40-,41-,42-,43+,44+,45+,46+,47?,48?,49?,50?,51-,52-,53-,54-,55?,56?/m1/s1. The number of unbranched alkanes of at least 4 members (excludes halogenated alkanes) is 16. The van der Waals surface area contributed by atoms with Gasteiger partial charge in [-0.15, -0.1) is 0 Å². The largest absolute Gasteiger partial charge is 0.394 e. The van der Waals surface area contributed by atoms with Gasteiger partial charge >= 0.3 is 0 Å². The molecule has 0 aromatic carbocycles. The van der Waals surface area contributed by atoms with E-state index >= 15 is 0 Å². The molecule has 8 unspecified atom stereocenters. The Bertz CT molecular complexity index is 1450. The molecule has 4 fully saturated rings. The molecule has 20 atom stereocenters. The smallest absolute Gasteiger partial charge is 0.186 e. The van der Waals surface area contributed by atoms with Crippen LogP contribution in [0.5, 0.6) is 0 Å². The second-order valence-corrected chi connectivity index (χ2v) is 24.3. The summed E-state index contributed by atoms with van der Waals surface area (Å²) in [6, 6.07) is 0. The molecule has 0 aromatic heterocycles. The van der Waals surface area contributed by atoms with Crippen LogP contribution in [-0.4, -0.2) is 295 Å². The summed E-state index contributed by atoms with van der Waals surface area (Å²) in [5.41, 5.74) is -2.83. The monoisotopic (exact) mass is 1230 g/mol. The molecule has 0 amide bonds. The van der Waals surface area contributed by atoms with Crippen LogP contribution in [0.15, 0.2) is 0 Å². The summed E-state index contributed by atoms with van der Waals surface area (Å²) in [6.45, 7) is -0.334. The second-order valence-electron chi connectivity index (χ2n) is 23.3. The van der Waals surface area contributed by atoms with Gasteiger partial charge in [0.2, 0.25) is 0 Å². The zero-order chi connectivity index (χ0) is 61.0. The van der Waals surface area contributed by atoms with Crippen molar-refractivity contribution >= 4 is 11.8 Å². The fourth-order valence-corrected chi connectivity index (χ4v) is 11.9. The van der Waals surface area contributed by atoms with Crippen molar-refractivity contribution in [1.82, 2.24) is 0 Å². The number of hydrogen-bond acceptors (Lipinski definition) is 27. The van der Waals surface area contributed by atoms with E-state index in [9.17, 15) is 81.7 Å². The Labute approximate surface area is 493 Å². The van der Waals surface area contributed by atoms with Crippen LogP contribution in [-0.2, 0) is 47.4 Å². The highest BCUT2D eigenvalue weighted by atomic mass is 32.2. The van der Waals surface area contributed by atoms with Crippen LogP contribution in [0.1, 0.15) is 129 Å². The maximum absolute atomic E-state index is 11.1. The van der Waals surface area contributed by atoms with Crippen molar-refractivity contribution in [3.63, 3.8) is 0 Å². The average Bonchev–Trinajstić information content (AvgIpc) is 3.69. The molecule has 0 saturated carbocycles. The highest BCUT2D eigenvalue weighted by Crippen LogP contribution is 2.37. The molecular formula is C56H106O26S. The lowest BCUT2D eigenvalue weighted by Crippen LogP contribution is -2.60. The van der Waals surface area contributed by atoms with Gasteiger partial charge in [-0.3, -0.25) is 0 Å². The van der Waals surface area contributed by atoms with Crippen molar-refractivity contribution in [3.05, 3.63) is 0 Å². The summed E-state index contributed by atoms with van der Waals surface area (Å²) in [6.07, 6.45) is -14.8. The lowest BCUT2D eigenvalue weighted by molar-refractivity contribution is -0.319. The first-order chi connectivity index (χ1) is 39.9. The van der Waals surface area contributed by atoms with E-state index in [0.29, 0.717) is 12.8 Å². The molecule has 492 valence electrons. The highest BCUT2D eigenvalue weighted by Gasteiger charge is 2.50. The van der Waals surface area contributed by atoms with Crippen LogP contribution in [0.2, 0.25) is 0 Å². The molecule has 0 bridgehead atoms. The molecule has 4 heterocycles. The number of aliphatic hydroxyl groups is 16. The number of aliphatic hydroxyl groups excluding tert-OH is 16. The summed E-state index contributed by atoms with van der Waals surface area (Å²) in [4.78, 5) is 0. The van der Waals surface area contributed by atoms with E-state index in [4.69, 9.17) is 47.4 Å². The quantitative estimate of drug-likeness (QED) is 0.0295. The van der Waals surface area contributed by atoms with E-state index in [1.54, 1.807) is 0 Å². The van der Waals surface area contributed by atoms with E-state index < -0.39 is 187 Å². The van der Waals surface area contributed by atoms with Crippen molar-refractivity contribution in [2.45, 2.75) is 252 Å². The minimum Gasteiger partial charge on any atom is -0.394 e. The van der Waals surface area contributed by atoms with Crippen LogP contribution >= 0.6 is 11.8 Å². The summed E-state index contributed by atoms with van der Waals surface area (Å²) >= 11 is 1.20. The van der Waals surface area contributed by atoms with Crippen LogP contribution in [0.25, 0.3) is 0 Å². The normalized spacial score (nSPS) is 35.8. The summed E-state index contributed by atoms with van der Waals surface area (Å²) in [5, 5.41) is 170. The van der Waals surface area contributed by atoms with E-state index in [1.807, 2.05) is 0 Å². The fourth-order valence-electron chi connectivity index (χ4n) is 10.4. The Hall–Kier alpha value is -0.690. The Morgan fingerprint density at radius 1 is 0.301 bits per heavy atom. The van der Waals surface area contributed by atoms with Gasteiger partial charge < -0.3 is 129 Å². The first-order valence-corrected chi connectivity index (χ1v) is 31.4. The Morgan fingerprint density at radius 3 is 0.759 bits per heavy atom. The van der Waals surface area contributed by atoms with Crippen molar-refractivity contribution in [2.24, 2.45) is 10.8 Å².